The number of hydrogen-bond donors (Lipinski definition) is 2. The summed E-state index contributed by atoms with van der Waals surface area (Å²) in [5.41, 5.74) is 4.99. The summed E-state index contributed by atoms with van der Waals surface area (Å²) in [5, 5.41) is 0. The molecule has 0 heterocycles. The molecule has 0 spiro atoms. The van der Waals surface area contributed by atoms with Crippen LogP contribution in [0.3, 0.4) is 0 Å². The summed E-state index contributed by atoms with van der Waals surface area (Å²) < 4.78 is 52.6. The molecule has 0 aliphatic rings. The number of rotatable bonds is 8. The van der Waals surface area contributed by atoms with Crippen molar-refractivity contribution in [2.45, 2.75) is 25.7 Å². The quantitative estimate of drug-likeness (QED) is 0.713. The summed E-state index contributed by atoms with van der Waals surface area (Å²) in [5.74, 6) is -0.924. The van der Waals surface area contributed by atoms with Gasteiger partial charge in [0.15, 0.2) is 11.5 Å². The molecule has 0 atom stereocenters. The fourth-order valence-corrected chi connectivity index (χ4v) is 3.46. The highest BCUT2D eigenvalue weighted by Gasteiger charge is 2.20. The van der Waals surface area contributed by atoms with Crippen molar-refractivity contribution in [1.82, 2.24) is 0 Å². The van der Waals surface area contributed by atoms with Gasteiger partial charge in [-0.3, -0.25) is 9.52 Å². The van der Waals surface area contributed by atoms with Crippen LogP contribution in [0.4, 0.5) is 10.1 Å². The lowest BCUT2D eigenvalue weighted by atomic mass is 10.1. The van der Waals surface area contributed by atoms with E-state index >= 15 is 0 Å². The molecule has 0 saturated carbocycles. The molecule has 0 fully saturated rings. The molecular weight excluding hydrogens is 375 g/mol. The molecule has 0 saturated heterocycles. The van der Waals surface area contributed by atoms with Crippen molar-refractivity contribution in [3.63, 3.8) is 0 Å². The zero-order valence-corrected chi connectivity index (χ0v) is 16.0. The molecule has 0 unspecified atom stereocenters. The average molecular weight is 396 g/mol. The van der Waals surface area contributed by atoms with E-state index in [0.717, 1.165) is 6.07 Å². The molecule has 1 amide bonds. The number of carbonyl (C=O) groups excluding carboxylic acids is 1. The van der Waals surface area contributed by atoms with Crippen LogP contribution in [-0.2, 0) is 10.0 Å². The van der Waals surface area contributed by atoms with Gasteiger partial charge < -0.3 is 15.2 Å². The maximum absolute atomic E-state index is 14.0. The zero-order chi connectivity index (χ0) is 20.2. The number of carbonyl (C=O) groups is 1. The predicted octanol–water partition coefficient (Wildman–Crippen LogP) is 2.83. The van der Waals surface area contributed by atoms with E-state index in [4.69, 9.17) is 15.2 Å². The highest BCUT2D eigenvalue weighted by molar-refractivity contribution is 7.92. The lowest BCUT2D eigenvalue weighted by Crippen LogP contribution is -2.17. The molecule has 9 heteroatoms. The number of hydrogen-bond acceptors (Lipinski definition) is 5. The summed E-state index contributed by atoms with van der Waals surface area (Å²) in [6, 6.07) is 6.30. The second-order valence-electron chi connectivity index (χ2n) is 5.57. The maximum Gasteiger partial charge on any atom is 0.262 e. The third kappa shape index (κ3) is 4.68. The number of nitrogens with one attached hydrogen (secondary N) is 1. The normalized spacial score (nSPS) is 11.1. The summed E-state index contributed by atoms with van der Waals surface area (Å²) in [6.45, 7) is 5.66. The van der Waals surface area contributed by atoms with Crippen LogP contribution in [0.1, 0.15) is 29.8 Å². The Morgan fingerprint density at radius 1 is 1.11 bits per heavy atom. The fourth-order valence-electron chi connectivity index (χ4n) is 2.33. The first-order valence-corrected chi connectivity index (χ1v) is 9.70. The van der Waals surface area contributed by atoms with Gasteiger partial charge in [0.2, 0.25) is 5.91 Å². The van der Waals surface area contributed by atoms with Crippen molar-refractivity contribution < 1.29 is 27.1 Å². The Bertz CT molecular complexity index is 960. The van der Waals surface area contributed by atoms with Gasteiger partial charge in [0.05, 0.1) is 23.8 Å². The Kier molecular flexibility index (Phi) is 6.27. The summed E-state index contributed by atoms with van der Waals surface area (Å²) in [4.78, 5) is 11.2. The number of sulfonamides is 1. The molecule has 0 aliphatic carbocycles. The van der Waals surface area contributed by atoms with Crippen molar-refractivity contribution in [1.29, 1.82) is 0 Å². The first-order chi connectivity index (χ1) is 12.7. The van der Waals surface area contributed by atoms with E-state index < -0.39 is 21.7 Å². The molecule has 27 heavy (non-hydrogen) atoms. The standard InChI is InChI=1S/C18H21FN2O5S/c1-4-25-16-7-6-13(10-17(16)26-5-2)27(23,24)21-15-9-12(18(20)22)8-14(19)11(15)3/h6-10,21H,4-5H2,1-3H3,(H2,20,22). The Labute approximate surface area is 157 Å². The number of primary amides is 1. The smallest absolute Gasteiger partial charge is 0.262 e. The lowest BCUT2D eigenvalue weighted by molar-refractivity contribution is 0.1000. The van der Waals surface area contributed by atoms with Crippen LogP contribution in [0, 0.1) is 12.7 Å². The number of anilines is 1. The Hall–Kier alpha value is -2.81. The number of halogens is 1. The van der Waals surface area contributed by atoms with Gasteiger partial charge in [-0.05, 0) is 45.0 Å². The van der Waals surface area contributed by atoms with Crippen LogP contribution in [0.25, 0.3) is 0 Å². The molecule has 2 aromatic carbocycles. The first-order valence-electron chi connectivity index (χ1n) is 8.22. The maximum atomic E-state index is 14.0. The van der Waals surface area contributed by atoms with Gasteiger partial charge >= 0.3 is 0 Å². The van der Waals surface area contributed by atoms with Gasteiger partial charge in [-0.1, -0.05) is 0 Å². The number of benzene rings is 2. The minimum atomic E-state index is -4.07. The highest BCUT2D eigenvalue weighted by atomic mass is 32.2. The summed E-state index contributed by atoms with van der Waals surface area (Å²) in [7, 11) is -4.07. The molecule has 7 nitrogen and oxygen atoms in total. The Balaban J connectivity index is 2.45. The van der Waals surface area contributed by atoms with Gasteiger partial charge in [0.1, 0.15) is 5.82 Å². The summed E-state index contributed by atoms with van der Waals surface area (Å²) >= 11 is 0. The van der Waals surface area contributed by atoms with Crippen LogP contribution < -0.4 is 19.9 Å². The molecular formula is C18H21FN2O5S. The third-order valence-electron chi connectivity index (χ3n) is 3.70. The van der Waals surface area contributed by atoms with Crippen LogP contribution in [-0.4, -0.2) is 27.5 Å². The van der Waals surface area contributed by atoms with Crippen molar-refractivity contribution >= 4 is 21.6 Å². The number of ether oxygens (including phenoxy) is 2. The largest absolute Gasteiger partial charge is 0.490 e. The minimum Gasteiger partial charge on any atom is -0.490 e. The molecule has 2 rings (SSSR count). The van der Waals surface area contributed by atoms with E-state index in [1.165, 1.54) is 31.2 Å². The van der Waals surface area contributed by atoms with Crippen LogP contribution >= 0.6 is 0 Å². The van der Waals surface area contributed by atoms with E-state index in [2.05, 4.69) is 4.72 Å². The second-order valence-corrected chi connectivity index (χ2v) is 7.26. The average Bonchev–Trinajstić information content (AvgIpc) is 2.60. The van der Waals surface area contributed by atoms with Gasteiger partial charge in [-0.15, -0.1) is 0 Å². The molecule has 3 N–H and O–H groups in total. The van der Waals surface area contributed by atoms with E-state index in [9.17, 15) is 17.6 Å². The number of nitrogens with two attached hydrogens (primary N) is 1. The molecule has 146 valence electrons. The highest BCUT2D eigenvalue weighted by Crippen LogP contribution is 2.31. The topological polar surface area (TPSA) is 108 Å². The molecule has 0 aromatic heterocycles. The third-order valence-corrected chi connectivity index (χ3v) is 5.06. The van der Waals surface area contributed by atoms with Gasteiger partial charge in [0.25, 0.3) is 10.0 Å². The van der Waals surface area contributed by atoms with Gasteiger partial charge in [-0.25, -0.2) is 12.8 Å². The SMILES string of the molecule is CCOc1ccc(S(=O)(=O)Nc2cc(C(N)=O)cc(F)c2C)cc1OCC. The van der Waals surface area contributed by atoms with Crippen LogP contribution in [0.2, 0.25) is 0 Å². The first kappa shape index (κ1) is 20.5. The van der Waals surface area contributed by atoms with Crippen molar-refractivity contribution in [3.05, 3.63) is 47.3 Å². The fraction of sp³-hybridized carbons (Fsp3) is 0.278. The van der Waals surface area contributed by atoms with E-state index in [-0.39, 0.29) is 27.5 Å². The summed E-state index contributed by atoms with van der Waals surface area (Å²) in [6.07, 6.45) is 0. The monoisotopic (exact) mass is 396 g/mol. The van der Waals surface area contributed by atoms with Gasteiger partial charge in [-0.2, -0.15) is 0 Å². The van der Waals surface area contributed by atoms with Crippen molar-refractivity contribution in [2.75, 3.05) is 17.9 Å². The zero-order valence-electron chi connectivity index (χ0n) is 15.2. The van der Waals surface area contributed by atoms with E-state index in [1.54, 1.807) is 13.8 Å². The predicted molar refractivity (Wildman–Crippen MR) is 99.2 cm³/mol. The van der Waals surface area contributed by atoms with Crippen LogP contribution in [0.15, 0.2) is 35.2 Å². The lowest BCUT2D eigenvalue weighted by Gasteiger charge is -2.15. The Morgan fingerprint density at radius 2 is 1.74 bits per heavy atom. The van der Waals surface area contributed by atoms with Crippen molar-refractivity contribution in [3.8, 4) is 11.5 Å². The second kappa shape index (κ2) is 8.26. The molecule has 0 bridgehead atoms. The van der Waals surface area contributed by atoms with Gasteiger partial charge in [0, 0.05) is 17.2 Å². The number of amides is 1. The molecule has 0 aliphatic heterocycles. The molecule has 0 radical (unpaired) electrons. The minimum absolute atomic E-state index is 0.0412. The van der Waals surface area contributed by atoms with E-state index in [1.807, 2.05) is 0 Å². The molecule has 2 aromatic rings. The van der Waals surface area contributed by atoms with Crippen molar-refractivity contribution in [2.24, 2.45) is 5.73 Å². The van der Waals surface area contributed by atoms with E-state index in [0.29, 0.717) is 19.0 Å². The van der Waals surface area contributed by atoms with Crippen LogP contribution in [0.5, 0.6) is 11.5 Å². The Morgan fingerprint density at radius 3 is 2.33 bits per heavy atom.